The lowest BCUT2D eigenvalue weighted by Gasteiger charge is -2.28. The number of aromatic nitrogens is 5. The van der Waals surface area contributed by atoms with E-state index in [1.807, 2.05) is 26.0 Å². The maximum Gasteiger partial charge on any atom is 0.228 e. The Kier molecular flexibility index (Phi) is 3.26. The maximum atomic E-state index is 6.36. The molecular formula is C23H17N5O. The fraction of sp³-hybridized carbons (Fsp3) is 0.130. The Morgan fingerprint density at radius 2 is 1.76 bits per heavy atom. The Morgan fingerprint density at radius 1 is 0.931 bits per heavy atom. The van der Waals surface area contributed by atoms with Crippen molar-refractivity contribution in [1.82, 2.24) is 24.6 Å². The third-order valence-electron chi connectivity index (χ3n) is 5.41. The van der Waals surface area contributed by atoms with Crippen LogP contribution in [0.2, 0.25) is 0 Å². The van der Waals surface area contributed by atoms with Crippen LogP contribution < -0.4 is 4.74 Å². The molecule has 0 radical (unpaired) electrons. The van der Waals surface area contributed by atoms with Gasteiger partial charge in [0.2, 0.25) is 5.88 Å². The van der Waals surface area contributed by atoms with Gasteiger partial charge in [-0.2, -0.15) is 5.10 Å². The Labute approximate surface area is 166 Å². The van der Waals surface area contributed by atoms with Crippen LogP contribution >= 0.6 is 0 Å². The molecular weight excluding hydrogens is 362 g/mol. The van der Waals surface area contributed by atoms with Gasteiger partial charge in [0.25, 0.3) is 0 Å². The number of pyridine rings is 1. The van der Waals surface area contributed by atoms with Crippen molar-refractivity contribution in [2.75, 3.05) is 0 Å². The molecule has 0 saturated carbocycles. The van der Waals surface area contributed by atoms with Gasteiger partial charge in [0.1, 0.15) is 17.7 Å². The van der Waals surface area contributed by atoms with Gasteiger partial charge in [-0.05, 0) is 25.5 Å². The van der Waals surface area contributed by atoms with E-state index in [9.17, 15) is 0 Å². The van der Waals surface area contributed by atoms with Crippen LogP contribution in [-0.4, -0.2) is 24.6 Å². The molecule has 29 heavy (non-hydrogen) atoms. The molecule has 0 N–H and O–H groups in total. The van der Waals surface area contributed by atoms with E-state index in [0.29, 0.717) is 11.7 Å². The Bertz CT molecular complexity index is 1410. The highest BCUT2D eigenvalue weighted by molar-refractivity contribution is 5.88. The number of hydrogen-bond acceptors (Lipinski definition) is 5. The summed E-state index contributed by atoms with van der Waals surface area (Å²) < 4.78 is 8.08. The zero-order chi connectivity index (χ0) is 19.5. The van der Waals surface area contributed by atoms with E-state index in [-0.39, 0.29) is 5.92 Å². The number of rotatable bonds is 1. The molecule has 5 aromatic rings. The molecule has 1 atom stereocenters. The predicted molar refractivity (Wildman–Crippen MR) is 109 cm³/mol. The first-order valence-corrected chi connectivity index (χ1v) is 9.54. The molecule has 2 aromatic carbocycles. The minimum Gasteiger partial charge on any atom is -0.436 e. The molecule has 0 bridgehead atoms. The van der Waals surface area contributed by atoms with Gasteiger partial charge in [-0.25, -0.2) is 19.5 Å². The summed E-state index contributed by atoms with van der Waals surface area (Å²) in [5.41, 5.74) is 5.72. The lowest BCUT2D eigenvalue weighted by atomic mass is 9.83. The predicted octanol–water partition coefficient (Wildman–Crippen LogP) is 4.58. The fourth-order valence-electron chi connectivity index (χ4n) is 4.15. The van der Waals surface area contributed by atoms with Gasteiger partial charge in [-0.15, -0.1) is 0 Å². The highest BCUT2D eigenvalue weighted by Gasteiger charge is 2.34. The van der Waals surface area contributed by atoms with Gasteiger partial charge in [0.15, 0.2) is 11.4 Å². The molecule has 140 valence electrons. The number of aryl methyl sites for hydroxylation is 2. The first-order chi connectivity index (χ1) is 14.2. The first-order valence-electron chi connectivity index (χ1n) is 9.54. The van der Waals surface area contributed by atoms with Crippen molar-refractivity contribution in [3.63, 3.8) is 0 Å². The Morgan fingerprint density at radius 3 is 2.62 bits per heavy atom. The molecule has 6 nitrogen and oxygen atoms in total. The second-order valence-electron chi connectivity index (χ2n) is 7.34. The highest BCUT2D eigenvalue weighted by atomic mass is 16.5. The summed E-state index contributed by atoms with van der Waals surface area (Å²) in [6.45, 7) is 3.87. The van der Waals surface area contributed by atoms with E-state index in [1.54, 1.807) is 10.8 Å². The van der Waals surface area contributed by atoms with Crippen LogP contribution in [0.25, 0.3) is 16.6 Å². The summed E-state index contributed by atoms with van der Waals surface area (Å²) in [5.74, 6) is 1.96. The molecule has 0 saturated heterocycles. The van der Waals surface area contributed by atoms with Crippen LogP contribution in [0.1, 0.15) is 34.1 Å². The fourth-order valence-corrected chi connectivity index (χ4v) is 4.15. The number of nitrogens with zero attached hydrogens (tertiary/aromatic N) is 5. The minimum atomic E-state index is -0.0681. The standard InChI is InChI=1S/C23H17N5O/c1-13-8-9-16-10-11-17-18(15-6-4-3-5-7-15)19-22-26-14(2)27-28(22)12-24-23(19)29-21(17)20(16)25-13/h3-12,18H,1-2H3. The van der Waals surface area contributed by atoms with Crippen molar-refractivity contribution >= 4 is 16.6 Å². The largest absolute Gasteiger partial charge is 0.436 e. The monoisotopic (exact) mass is 379 g/mol. The molecule has 4 heterocycles. The summed E-state index contributed by atoms with van der Waals surface area (Å²) in [4.78, 5) is 14.0. The number of hydrogen-bond donors (Lipinski definition) is 0. The molecule has 6 heteroatoms. The summed E-state index contributed by atoms with van der Waals surface area (Å²) in [6.07, 6.45) is 1.66. The molecule has 0 fully saturated rings. The average Bonchev–Trinajstić information content (AvgIpc) is 3.13. The summed E-state index contributed by atoms with van der Waals surface area (Å²) in [5, 5.41) is 5.49. The molecule has 0 aliphatic carbocycles. The SMILES string of the molecule is Cc1ccc2ccc3c(c2n1)Oc1ncn2nc(C)nc2c1C3c1ccccc1. The van der Waals surface area contributed by atoms with E-state index >= 15 is 0 Å². The maximum absolute atomic E-state index is 6.36. The second kappa shape index (κ2) is 5.85. The zero-order valence-corrected chi connectivity index (χ0v) is 16.0. The smallest absolute Gasteiger partial charge is 0.228 e. The highest BCUT2D eigenvalue weighted by Crippen LogP contribution is 2.49. The molecule has 0 spiro atoms. The third-order valence-corrected chi connectivity index (χ3v) is 5.41. The molecule has 3 aromatic heterocycles. The molecule has 1 unspecified atom stereocenters. The molecule has 1 aliphatic heterocycles. The third kappa shape index (κ3) is 2.35. The lowest BCUT2D eigenvalue weighted by Crippen LogP contribution is -2.15. The van der Waals surface area contributed by atoms with E-state index in [0.717, 1.165) is 44.7 Å². The average molecular weight is 379 g/mol. The van der Waals surface area contributed by atoms with Gasteiger partial charge < -0.3 is 4.74 Å². The first kappa shape index (κ1) is 16.2. The minimum absolute atomic E-state index is 0.0681. The molecule has 1 aliphatic rings. The molecule has 0 amide bonds. The van der Waals surface area contributed by atoms with Crippen LogP contribution in [-0.2, 0) is 0 Å². The lowest BCUT2D eigenvalue weighted by molar-refractivity contribution is 0.436. The summed E-state index contributed by atoms with van der Waals surface area (Å²) in [7, 11) is 0. The van der Waals surface area contributed by atoms with Gasteiger partial charge in [-0.1, -0.05) is 48.5 Å². The van der Waals surface area contributed by atoms with Gasteiger partial charge in [-0.3, -0.25) is 0 Å². The van der Waals surface area contributed by atoms with Gasteiger partial charge in [0.05, 0.1) is 5.56 Å². The summed E-state index contributed by atoms with van der Waals surface area (Å²) >= 11 is 0. The van der Waals surface area contributed by atoms with Crippen molar-refractivity contribution < 1.29 is 4.74 Å². The zero-order valence-electron chi connectivity index (χ0n) is 16.0. The van der Waals surface area contributed by atoms with Crippen LogP contribution in [0.4, 0.5) is 0 Å². The Hall–Kier alpha value is -3.80. The van der Waals surface area contributed by atoms with Crippen molar-refractivity contribution in [2.45, 2.75) is 19.8 Å². The van der Waals surface area contributed by atoms with Gasteiger partial charge in [0, 0.05) is 22.6 Å². The topological polar surface area (TPSA) is 65.2 Å². The number of fused-ring (bicyclic) bond motifs is 6. The second-order valence-corrected chi connectivity index (χ2v) is 7.34. The quantitative estimate of drug-likeness (QED) is 0.418. The van der Waals surface area contributed by atoms with Crippen LogP contribution in [0.5, 0.6) is 11.6 Å². The van der Waals surface area contributed by atoms with Crippen molar-refractivity contribution in [3.8, 4) is 11.6 Å². The van der Waals surface area contributed by atoms with Gasteiger partial charge >= 0.3 is 0 Å². The molecule has 6 rings (SSSR count). The van der Waals surface area contributed by atoms with Crippen molar-refractivity contribution in [1.29, 1.82) is 0 Å². The van der Waals surface area contributed by atoms with Crippen LogP contribution in [0.3, 0.4) is 0 Å². The number of benzene rings is 2. The van der Waals surface area contributed by atoms with Crippen LogP contribution in [0, 0.1) is 13.8 Å². The van der Waals surface area contributed by atoms with Crippen molar-refractivity contribution in [3.05, 3.63) is 89.1 Å². The van der Waals surface area contributed by atoms with E-state index < -0.39 is 0 Å². The Balaban J connectivity index is 1.72. The van der Waals surface area contributed by atoms with Crippen molar-refractivity contribution in [2.24, 2.45) is 0 Å². The van der Waals surface area contributed by atoms with Crippen LogP contribution in [0.15, 0.2) is 60.9 Å². The van der Waals surface area contributed by atoms with E-state index in [4.69, 9.17) is 9.72 Å². The normalized spacial score (nSPS) is 15.2. The van der Waals surface area contributed by atoms with E-state index in [1.165, 1.54) is 0 Å². The number of ether oxygens (including phenoxy) is 1. The van der Waals surface area contributed by atoms with E-state index in [2.05, 4.69) is 57.5 Å². The summed E-state index contributed by atoms with van der Waals surface area (Å²) in [6, 6.07) is 18.7.